The van der Waals surface area contributed by atoms with Gasteiger partial charge in [-0.05, 0) is 12.2 Å². The molecule has 0 aromatic rings. The molecular formula is C10H15BClF3O. The van der Waals surface area contributed by atoms with Gasteiger partial charge in [-0.25, -0.2) is 0 Å². The second-order valence-electron chi connectivity index (χ2n) is 4.19. The molecule has 0 saturated heterocycles. The molecule has 1 nitrogen and oxygen atoms in total. The van der Waals surface area contributed by atoms with Crippen LogP contribution in [0.2, 0.25) is 12.1 Å². The van der Waals surface area contributed by atoms with Gasteiger partial charge >= 0.3 is 6.18 Å². The second kappa shape index (κ2) is 5.28. The third-order valence-corrected chi connectivity index (χ3v) is 2.83. The Morgan fingerprint density at radius 1 is 1.31 bits per heavy atom. The van der Waals surface area contributed by atoms with E-state index in [4.69, 9.17) is 11.6 Å². The molecule has 0 aliphatic heterocycles. The van der Waals surface area contributed by atoms with Crippen molar-refractivity contribution in [2.24, 2.45) is 0 Å². The predicted octanol–water partition coefficient (Wildman–Crippen LogP) is 4.01. The first-order valence-corrected chi connectivity index (χ1v) is 5.20. The van der Waals surface area contributed by atoms with E-state index in [1.54, 1.807) is 0 Å². The molecule has 0 rings (SSSR count). The molecule has 0 aliphatic rings. The first-order chi connectivity index (χ1) is 7.02. The molecule has 0 radical (unpaired) electrons. The molecule has 0 aromatic carbocycles. The number of halogens is 4. The van der Waals surface area contributed by atoms with Gasteiger partial charge in [-0.15, -0.1) is 0 Å². The zero-order valence-corrected chi connectivity index (χ0v) is 10.4. The van der Waals surface area contributed by atoms with Gasteiger partial charge in [0, 0.05) is 5.03 Å². The normalized spacial score (nSPS) is 15.3. The molecule has 0 aromatic heterocycles. The molecule has 0 saturated carbocycles. The zero-order chi connectivity index (χ0) is 13.1. The van der Waals surface area contributed by atoms with Gasteiger partial charge < -0.3 is 5.02 Å². The molecule has 0 aliphatic carbocycles. The lowest BCUT2D eigenvalue weighted by Gasteiger charge is -2.23. The van der Waals surface area contributed by atoms with Crippen LogP contribution in [0.3, 0.4) is 0 Å². The maximum Gasteiger partial charge on any atom is 0.417 e. The fourth-order valence-electron chi connectivity index (χ4n) is 0.934. The summed E-state index contributed by atoms with van der Waals surface area (Å²) in [6.07, 6.45) is -2.38. The minimum absolute atomic E-state index is 0.360. The van der Waals surface area contributed by atoms with Crippen LogP contribution in [-0.2, 0) is 0 Å². The van der Waals surface area contributed by atoms with Crippen LogP contribution in [0.1, 0.15) is 20.8 Å². The van der Waals surface area contributed by atoms with Crippen LogP contribution in [0.15, 0.2) is 22.8 Å². The first-order valence-electron chi connectivity index (χ1n) is 4.82. The predicted molar refractivity (Wildman–Crippen MR) is 61.6 cm³/mol. The summed E-state index contributed by atoms with van der Waals surface area (Å²) in [6.45, 7) is 5.00. The maximum atomic E-state index is 12.7. The summed E-state index contributed by atoms with van der Waals surface area (Å²) < 4.78 is 38.0. The molecule has 0 bridgehead atoms. The summed E-state index contributed by atoms with van der Waals surface area (Å²) >= 11 is 5.52. The molecular weight excluding hydrogens is 239 g/mol. The lowest BCUT2D eigenvalue weighted by Crippen LogP contribution is -2.25. The van der Waals surface area contributed by atoms with E-state index >= 15 is 0 Å². The second-order valence-corrected chi connectivity index (χ2v) is 4.60. The van der Waals surface area contributed by atoms with Crippen molar-refractivity contribution < 1.29 is 18.2 Å². The molecule has 0 amide bonds. The smallest absolute Gasteiger partial charge is 0.417 e. The van der Waals surface area contributed by atoms with Gasteiger partial charge in [-0.1, -0.05) is 44.4 Å². The zero-order valence-electron chi connectivity index (χ0n) is 9.69. The Balaban J connectivity index is 5.46. The monoisotopic (exact) mass is 254 g/mol. The summed E-state index contributed by atoms with van der Waals surface area (Å²) in [5.74, 6) is 0. The van der Waals surface area contributed by atoms with Crippen molar-refractivity contribution in [3.8, 4) is 0 Å². The van der Waals surface area contributed by atoms with E-state index in [2.05, 4.69) is 0 Å². The van der Waals surface area contributed by atoms with Crippen LogP contribution in [0.25, 0.3) is 0 Å². The van der Waals surface area contributed by atoms with Crippen molar-refractivity contribution in [1.82, 2.24) is 0 Å². The molecule has 0 unspecified atom stereocenters. The van der Waals surface area contributed by atoms with Crippen LogP contribution >= 0.6 is 11.6 Å². The van der Waals surface area contributed by atoms with Crippen molar-refractivity contribution in [2.45, 2.75) is 39.1 Å². The fourth-order valence-corrected chi connectivity index (χ4v) is 1.10. The van der Waals surface area contributed by atoms with E-state index in [0.29, 0.717) is 0 Å². The van der Waals surface area contributed by atoms with Crippen LogP contribution < -0.4 is 0 Å². The Kier molecular flexibility index (Phi) is 5.14. The van der Waals surface area contributed by atoms with Crippen LogP contribution in [-0.4, -0.2) is 18.1 Å². The van der Waals surface area contributed by atoms with Gasteiger partial charge in [0.25, 0.3) is 6.92 Å². The highest BCUT2D eigenvalue weighted by Gasteiger charge is 2.38. The summed E-state index contributed by atoms with van der Waals surface area (Å²) in [5, 5.41) is 8.02. The summed E-state index contributed by atoms with van der Waals surface area (Å²) in [4.78, 5) is 0. The average molecular weight is 254 g/mol. The number of allylic oxidation sites excluding steroid dienone is 4. The Hall–Kier alpha value is -0.415. The highest BCUT2D eigenvalue weighted by molar-refractivity contribution is 6.53. The van der Waals surface area contributed by atoms with E-state index in [9.17, 15) is 18.2 Å². The van der Waals surface area contributed by atoms with Gasteiger partial charge in [0.2, 0.25) is 0 Å². The van der Waals surface area contributed by atoms with Crippen molar-refractivity contribution in [3.05, 3.63) is 22.8 Å². The Morgan fingerprint density at radius 3 is 2.00 bits per heavy atom. The van der Waals surface area contributed by atoms with Gasteiger partial charge in [0.05, 0.1) is 5.57 Å². The topological polar surface area (TPSA) is 20.2 Å². The first kappa shape index (κ1) is 15.6. The van der Waals surface area contributed by atoms with E-state index < -0.39 is 24.0 Å². The molecule has 16 heavy (non-hydrogen) atoms. The maximum absolute atomic E-state index is 12.7. The summed E-state index contributed by atoms with van der Waals surface area (Å²) in [6, 6.07) is 0. The Morgan fingerprint density at radius 2 is 1.75 bits per heavy atom. The molecule has 1 N–H and O–H groups in total. The highest BCUT2D eigenvalue weighted by atomic mass is 35.5. The van der Waals surface area contributed by atoms with E-state index in [1.807, 2.05) is 0 Å². The molecule has 6 heteroatoms. The van der Waals surface area contributed by atoms with Gasteiger partial charge in [-0.3, -0.25) is 0 Å². The summed E-state index contributed by atoms with van der Waals surface area (Å²) in [5.41, 5.74) is -0.914. The molecule has 0 atom stereocenters. The molecule has 0 fully saturated rings. The third-order valence-electron chi connectivity index (χ3n) is 2.41. The molecule has 0 heterocycles. The van der Waals surface area contributed by atoms with Gasteiger partial charge in [0.15, 0.2) is 0 Å². The van der Waals surface area contributed by atoms with Crippen molar-refractivity contribution >= 4 is 18.5 Å². The molecule has 0 spiro atoms. The van der Waals surface area contributed by atoms with Crippen LogP contribution in [0.4, 0.5) is 13.2 Å². The number of hydrogen-bond donors (Lipinski definition) is 1. The van der Waals surface area contributed by atoms with Gasteiger partial charge in [-0.2, -0.15) is 13.2 Å². The lowest BCUT2D eigenvalue weighted by molar-refractivity contribution is -0.0890. The third kappa shape index (κ3) is 4.22. The van der Waals surface area contributed by atoms with Crippen molar-refractivity contribution in [1.29, 1.82) is 0 Å². The standard InChI is InChI=1S/C10H15BClF3O/c1-5-8(12)7(10(13,14)15)6-9(2,3)11(4)16/h5-6,16H,1-4H3/b7-6+,8-5+. The minimum Gasteiger partial charge on any atom is -0.450 e. The SMILES string of the molecule is C/C=C(Cl)\C(=C/C(C)(C)B(C)O)C(F)(F)F. The van der Waals surface area contributed by atoms with Crippen molar-refractivity contribution in [3.63, 3.8) is 0 Å². The summed E-state index contributed by atoms with van der Waals surface area (Å²) in [7, 11) is 0. The average Bonchev–Trinajstić information content (AvgIpc) is 2.11. The van der Waals surface area contributed by atoms with Crippen LogP contribution in [0, 0.1) is 0 Å². The van der Waals surface area contributed by atoms with E-state index in [-0.39, 0.29) is 5.03 Å². The van der Waals surface area contributed by atoms with E-state index in [0.717, 1.165) is 6.08 Å². The van der Waals surface area contributed by atoms with E-state index in [1.165, 1.54) is 33.7 Å². The van der Waals surface area contributed by atoms with Crippen LogP contribution in [0.5, 0.6) is 0 Å². The quantitative estimate of drug-likeness (QED) is 0.596. The van der Waals surface area contributed by atoms with Crippen molar-refractivity contribution in [2.75, 3.05) is 0 Å². The highest BCUT2D eigenvalue weighted by Crippen LogP contribution is 2.39. The fraction of sp³-hybridized carbons (Fsp3) is 0.600. The lowest BCUT2D eigenvalue weighted by atomic mass is 9.49. The number of alkyl halides is 3. The number of hydrogen-bond acceptors (Lipinski definition) is 1. The Bertz CT molecular complexity index is 306. The Labute approximate surface area is 99.1 Å². The number of rotatable bonds is 3. The largest absolute Gasteiger partial charge is 0.450 e. The van der Waals surface area contributed by atoms with Gasteiger partial charge in [0.1, 0.15) is 0 Å². The minimum atomic E-state index is -4.52. The molecule has 92 valence electrons.